The number of nitrogens with zero attached hydrogens (tertiary/aromatic N) is 1. The molecule has 2 heterocycles. The molecule has 2 saturated carbocycles. The van der Waals surface area contributed by atoms with Gasteiger partial charge < -0.3 is 25.2 Å². The lowest BCUT2D eigenvalue weighted by Gasteiger charge is -2.33. The molecule has 2 aromatic rings. The van der Waals surface area contributed by atoms with Crippen molar-refractivity contribution in [1.29, 1.82) is 0 Å². The predicted molar refractivity (Wildman–Crippen MR) is 95.7 cm³/mol. The van der Waals surface area contributed by atoms with Gasteiger partial charge in [-0.05, 0) is 44.2 Å². The maximum Gasteiger partial charge on any atom is 0.267 e. The summed E-state index contributed by atoms with van der Waals surface area (Å²) in [5.41, 5.74) is 1.16. The molecule has 4 rings (SSSR count). The van der Waals surface area contributed by atoms with Crippen molar-refractivity contribution in [3.8, 4) is 0 Å². The molecule has 8 heteroatoms. The minimum atomic E-state index is -0.649. The summed E-state index contributed by atoms with van der Waals surface area (Å²) in [4.78, 5) is 27.6. The van der Waals surface area contributed by atoms with Crippen molar-refractivity contribution >= 4 is 11.8 Å². The zero-order valence-electron chi connectivity index (χ0n) is 15.0. The van der Waals surface area contributed by atoms with Crippen LogP contribution in [0.1, 0.15) is 60.0 Å². The predicted octanol–water partition coefficient (Wildman–Crippen LogP) is 1.46. The van der Waals surface area contributed by atoms with Crippen LogP contribution < -0.4 is 10.6 Å². The lowest BCUT2D eigenvalue weighted by atomic mass is 9.83. The quantitative estimate of drug-likeness (QED) is 0.612. The molecule has 0 saturated heterocycles. The Bertz CT molecular complexity index is 797. The van der Waals surface area contributed by atoms with E-state index in [1.165, 1.54) is 0 Å². The molecular formula is C19H24N4O4. The molecule has 0 unspecified atom stereocenters. The topological polar surface area (TPSA) is 120 Å². The average molecular weight is 372 g/mol. The highest BCUT2D eigenvalue weighted by molar-refractivity contribution is 5.92. The number of amides is 2. The monoisotopic (exact) mass is 372 g/mol. The van der Waals surface area contributed by atoms with Crippen LogP contribution in [0.2, 0.25) is 0 Å². The Balaban J connectivity index is 1.29. The summed E-state index contributed by atoms with van der Waals surface area (Å²) in [6.07, 6.45) is 4.77. The SMILES string of the molecule is O=C(N[C@@H]1C[C@@H](C(=O)NCc2cc(C3CC3)on2)CC[C@H]1O)c1ccc[nH]1. The van der Waals surface area contributed by atoms with Gasteiger partial charge >= 0.3 is 0 Å². The van der Waals surface area contributed by atoms with Crippen LogP contribution in [0, 0.1) is 5.92 Å². The molecule has 4 N–H and O–H groups in total. The van der Waals surface area contributed by atoms with Crippen LogP contribution in [-0.2, 0) is 11.3 Å². The molecule has 0 radical (unpaired) electrons. The number of nitrogens with one attached hydrogen (secondary N) is 3. The first kappa shape index (κ1) is 17.8. The highest BCUT2D eigenvalue weighted by Gasteiger charge is 2.34. The Morgan fingerprint density at radius 3 is 2.89 bits per heavy atom. The molecule has 27 heavy (non-hydrogen) atoms. The van der Waals surface area contributed by atoms with E-state index in [2.05, 4.69) is 20.8 Å². The number of carbonyl (C=O) groups is 2. The molecule has 144 valence electrons. The summed E-state index contributed by atoms with van der Waals surface area (Å²) in [5, 5.41) is 19.9. The van der Waals surface area contributed by atoms with Gasteiger partial charge in [0.15, 0.2) is 0 Å². The van der Waals surface area contributed by atoms with Gasteiger partial charge in [0, 0.05) is 24.1 Å². The summed E-state index contributed by atoms with van der Waals surface area (Å²) in [5.74, 6) is 0.771. The first-order valence-electron chi connectivity index (χ1n) is 9.45. The number of carbonyl (C=O) groups excluding carboxylic acids is 2. The van der Waals surface area contributed by atoms with Crippen molar-refractivity contribution in [3.05, 3.63) is 41.5 Å². The number of hydrogen-bond acceptors (Lipinski definition) is 5. The summed E-state index contributed by atoms with van der Waals surface area (Å²) in [6.45, 7) is 0.327. The van der Waals surface area contributed by atoms with Crippen LogP contribution in [0.25, 0.3) is 0 Å². The molecule has 0 spiro atoms. The summed E-state index contributed by atoms with van der Waals surface area (Å²) < 4.78 is 5.29. The molecule has 0 aromatic carbocycles. The van der Waals surface area contributed by atoms with Crippen molar-refractivity contribution in [3.63, 3.8) is 0 Å². The molecular weight excluding hydrogens is 348 g/mol. The van der Waals surface area contributed by atoms with Crippen LogP contribution in [-0.4, -0.2) is 39.2 Å². The van der Waals surface area contributed by atoms with E-state index in [-0.39, 0.29) is 17.7 Å². The highest BCUT2D eigenvalue weighted by atomic mass is 16.5. The third-order valence-corrected chi connectivity index (χ3v) is 5.34. The average Bonchev–Trinajstić information content (AvgIpc) is 3.18. The van der Waals surface area contributed by atoms with E-state index < -0.39 is 12.1 Å². The van der Waals surface area contributed by atoms with E-state index in [1.54, 1.807) is 18.3 Å². The van der Waals surface area contributed by atoms with E-state index in [1.807, 2.05) is 6.07 Å². The van der Waals surface area contributed by atoms with E-state index in [0.717, 1.165) is 24.3 Å². The van der Waals surface area contributed by atoms with Gasteiger partial charge in [-0.15, -0.1) is 0 Å². The fourth-order valence-corrected chi connectivity index (χ4v) is 3.56. The molecule has 0 aliphatic heterocycles. The number of rotatable bonds is 6. The Hall–Kier alpha value is -2.61. The van der Waals surface area contributed by atoms with Crippen molar-refractivity contribution in [2.24, 2.45) is 5.92 Å². The first-order chi connectivity index (χ1) is 13.1. The third-order valence-electron chi connectivity index (χ3n) is 5.34. The fraction of sp³-hybridized carbons (Fsp3) is 0.526. The van der Waals surface area contributed by atoms with Crippen LogP contribution in [0.5, 0.6) is 0 Å². The molecule has 2 aromatic heterocycles. The second-order valence-corrected chi connectivity index (χ2v) is 7.45. The molecule has 2 amide bonds. The largest absolute Gasteiger partial charge is 0.391 e. The van der Waals surface area contributed by atoms with Crippen LogP contribution in [0.3, 0.4) is 0 Å². The number of hydrogen-bond donors (Lipinski definition) is 4. The Morgan fingerprint density at radius 1 is 1.30 bits per heavy atom. The van der Waals surface area contributed by atoms with Gasteiger partial charge in [-0.25, -0.2) is 0 Å². The summed E-state index contributed by atoms with van der Waals surface area (Å²) in [7, 11) is 0. The maximum atomic E-state index is 12.5. The fourth-order valence-electron chi connectivity index (χ4n) is 3.56. The molecule has 0 bridgehead atoms. The van der Waals surface area contributed by atoms with Crippen molar-refractivity contribution in [2.45, 2.75) is 56.7 Å². The molecule has 8 nitrogen and oxygen atoms in total. The molecule has 2 aliphatic carbocycles. The van der Waals surface area contributed by atoms with E-state index in [0.29, 0.717) is 37.4 Å². The number of aliphatic hydroxyl groups excluding tert-OH is 1. The number of aromatic nitrogens is 2. The van der Waals surface area contributed by atoms with Crippen LogP contribution in [0.4, 0.5) is 0 Å². The van der Waals surface area contributed by atoms with E-state index in [4.69, 9.17) is 4.52 Å². The zero-order chi connectivity index (χ0) is 18.8. The summed E-state index contributed by atoms with van der Waals surface area (Å²) in [6, 6.07) is 4.87. The smallest absolute Gasteiger partial charge is 0.267 e. The Labute approximate surface area is 156 Å². The lowest BCUT2D eigenvalue weighted by Crippen LogP contribution is -2.49. The van der Waals surface area contributed by atoms with E-state index >= 15 is 0 Å². The molecule has 3 atom stereocenters. The van der Waals surface area contributed by atoms with Gasteiger partial charge in [-0.2, -0.15) is 0 Å². The second kappa shape index (κ2) is 7.56. The highest BCUT2D eigenvalue weighted by Crippen LogP contribution is 2.40. The van der Waals surface area contributed by atoms with Gasteiger partial charge in [0.25, 0.3) is 5.91 Å². The van der Waals surface area contributed by atoms with Gasteiger partial charge in [0.2, 0.25) is 5.91 Å². The zero-order valence-corrected chi connectivity index (χ0v) is 15.0. The Morgan fingerprint density at radius 2 is 2.15 bits per heavy atom. The van der Waals surface area contributed by atoms with Crippen molar-refractivity contribution in [1.82, 2.24) is 20.8 Å². The lowest BCUT2D eigenvalue weighted by molar-refractivity contribution is -0.127. The standard InChI is InChI=1S/C19H24N4O4/c24-16-6-5-12(8-15(16)22-19(26)14-2-1-7-20-14)18(25)21-10-13-9-17(27-23-13)11-3-4-11/h1-2,7,9,11-12,15-16,20,24H,3-6,8,10H2,(H,21,25)(H,22,26)/t12-,15+,16+/m0/s1. The van der Waals surface area contributed by atoms with Gasteiger partial charge in [-0.3, -0.25) is 9.59 Å². The van der Waals surface area contributed by atoms with Gasteiger partial charge in [-0.1, -0.05) is 5.16 Å². The normalized spacial score (nSPS) is 25.1. The number of H-pyrrole nitrogens is 1. The van der Waals surface area contributed by atoms with Crippen LogP contribution >= 0.6 is 0 Å². The van der Waals surface area contributed by atoms with Crippen molar-refractivity contribution < 1.29 is 19.2 Å². The molecule has 2 aliphatic rings. The van der Waals surface area contributed by atoms with E-state index in [9.17, 15) is 14.7 Å². The van der Waals surface area contributed by atoms with Crippen LogP contribution in [0.15, 0.2) is 28.9 Å². The third kappa shape index (κ3) is 4.21. The first-order valence-corrected chi connectivity index (χ1v) is 9.45. The van der Waals surface area contributed by atoms with Gasteiger partial charge in [0.1, 0.15) is 17.1 Å². The van der Waals surface area contributed by atoms with Crippen molar-refractivity contribution in [2.75, 3.05) is 0 Å². The minimum absolute atomic E-state index is 0.0861. The van der Waals surface area contributed by atoms with Gasteiger partial charge in [0.05, 0.1) is 18.7 Å². The number of aliphatic hydroxyl groups is 1. The second-order valence-electron chi connectivity index (χ2n) is 7.45. The molecule has 2 fully saturated rings. The minimum Gasteiger partial charge on any atom is -0.391 e. The number of aromatic amines is 1. The maximum absolute atomic E-state index is 12.5. The Kier molecular flexibility index (Phi) is 4.98. The summed E-state index contributed by atoms with van der Waals surface area (Å²) >= 11 is 0.